The number of nitro groups is 1. The van der Waals surface area contributed by atoms with E-state index < -0.39 is 11.2 Å². The second-order valence-corrected chi connectivity index (χ2v) is 5.55. The molecule has 122 valence electrons. The van der Waals surface area contributed by atoms with Gasteiger partial charge in [-0.15, -0.1) is 0 Å². The maximum atomic E-state index is 12.5. The fourth-order valence-corrected chi connectivity index (χ4v) is 2.75. The lowest BCUT2D eigenvalue weighted by atomic mass is 9.98. The van der Waals surface area contributed by atoms with E-state index in [4.69, 9.17) is 0 Å². The van der Waals surface area contributed by atoms with E-state index in [9.17, 15) is 20.0 Å². The van der Waals surface area contributed by atoms with Gasteiger partial charge in [0.2, 0.25) is 0 Å². The van der Waals surface area contributed by atoms with Gasteiger partial charge in [0, 0.05) is 30.7 Å². The molecule has 6 nitrogen and oxygen atoms in total. The van der Waals surface area contributed by atoms with E-state index in [0.717, 1.165) is 5.56 Å². The SMILES string of the molecule is O=C1c2ccccc2CC(O)N1C/C=C/c1cccc([N+](=O)[O-])c1. The Morgan fingerprint density at radius 3 is 2.83 bits per heavy atom. The molecule has 0 saturated carbocycles. The summed E-state index contributed by atoms with van der Waals surface area (Å²) in [5.74, 6) is -0.215. The normalized spacial score (nSPS) is 17.1. The predicted octanol–water partition coefficient (Wildman–Crippen LogP) is 2.62. The molecule has 1 heterocycles. The predicted molar refractivity (Wildman–Crippen MR) is 89.3 cm³/mol. The van der Waals surface area contributed by atoms with Crippen molar-refractivity contribution in [3.63, 3.8) is 0 Å². The third-order valence-corrected chi connectivity index (χ3v) is 3.96. The quantitative estimate of drug-likeness (QED) is 0.692. The summed E-state index contributed by atoms with van der Waals surface area (Å²) in [7, 11) is 0. The summed E-state index contributed by atoms with van der Waals surface area (Å²) in [6, 6.07) is 13.5. The smallest absolute Gasteiger partial charge is 0.270 e. The number of nitro benzene ring substituents is 1. The fraction of sp³-hybridized carbons (Fsp3) is 0.167. The molecule has 1 amide bonds. The molecule has 0 aromatic heterocycles. The van der Waals surface area contributed by atoms with Crippen LogP contribution in [0.3, 0.4) is 0 Å². The van der Waals surface area contributed by atoms with Gasteiger partial charge in [0.15, 0.2) is 0 Å². The minimum atomic E-state index is -0.873. The molecular formula is C18H16N2O4. The molecule has 2 aromatic rings. The molecule has 1 N–H and O–H groups in total. The third-order valence-electron chi connectivity index (χ3n) is 3.96. The summed E-state index contributed by atoms with van der Waals surface area (Å²) in [5, 5.41) is 21.0. The highest BCUT2D eigenvalue weighted by atomic mass is 16.6. The number of nitrogens with zero attached hydrogens (tertiary/aromatic N) is 2. The van der Waals surface area contributed by atoms with Crippen molar-refractivity contribution < 1.29 is 14.8 Å². The van der Waals surface area contributed by atoms with Gasteiger partial charge in [-0.2, -0.15) is 0 Å². The van der Waals surface area contributed by atoms with Crippen molar-refractivity contribution in [2.24, 2.45) is 0 Å². The number of hydrogen-bond donors (Lipinski definition) is 1. The number of carbonyl (C=O) groups excluding carboxylic acids is 1. The van der Waals surface area contributed by atoms with Crippen LogP contribution in [-0.4, -0.2) is 33.6 Å². The van der Waals surface area contributed by atoms with Crippen LogP contribution in [0.25, 0.3) is 6.08 Å². The number of fused-ring (bicyclic) bond motifs is 1. The van der Waals surface area contributed by atoms with E-state index in [1.54, 1.807) is 36.4 Å². The lowest BCUT2D eigenvalue weighted by molar-refractivity contribution is -0.384. The molecule has 0 radical (unpaired) electrons. The molecule has 0 aliphatic carbocycles. The third kappa shape index (κ3) is 3.18. The Morgan fingerprint density at radius 1 is 1.25 bits per heavy atom. The van der Waals surface area contributed by atoms with Gasteiger partial charge >= 0.3 is 0 Å². The summed E-state index contributed by atoms with van der Waals surface area (Å²) in [5.41, 5.74) is 2.13. The van der Waals surface area contributed by atoms with Crippen molar-refractivity contribution >= 4 is 17.7 Å². The van der Waals surface area contributed by atoms with E-state index in [2.05, 4.69) is 0 Å². The molecule has 3 rings (SSSR count). The molecule has 0 bridgehead atoms. The summed E-state index contributed by atoms with van der Waals surface area (Å²) >= 11 is 0. The number of benzene rings is 2. The molecule has 1 unspecified atom stereocenters. The van der Waals surface area contributed by atoms with Crippen molar-refractivity contribution in [1.82, 2.24) is 4.90 Å². The Hall–Kier alpha value is -2.99. The number of amides is 1. The molecule has 1 atom stereocenters. The molecule has 0 spiro atoms. The van der Waals surface area contributed by atoms with Crippen LogP contribution in [0.2, 0.25) is 0 Å². The Labute approximate surface area is 138 Å². The van der Waals surface area contributed by atoms with Gasteiger partial charge in [0.1, 0.15) is 6.23 Å². The van der Waals surface area contributed by atoms with Crippen LogP contribution in [-0.2, 0) is 6.42 Å². The highest BCUT2D eigenvalue weighted by Gasteiger charge is 2.29. The highest BCUT2D eigenvalue weighted by molar-refractivity contribution is 5.97. The summed E-state index contributed by atoms with van der Waals surface area (Å²) in [4.78, 5) is 24.2. The van der Waals surface area contributed by atoms with Crippen molar-refractivity contribution in [2.75, 3.05) is 6.54 Å². The molecule has 0 fully saturated rings. The maximum Gasteiger partial charge on any atom is 0.270 e. The van der Waals surface area contributed by atoms with E-state index in [-0.39, 0.29) is 18.1 Å². The number of non-ortho nitro benzene ring substituents is 1. The van der Waals surface area contributed by atoms with E-state index >= 15 is 0 Å². The van der Waals surface area contributed by atoms with Gasteiger partial charge in [-0.3, -0.25) is 14.9 Å². The zero-order chi connectivity index (χ0) is 17.1. The number of aliphatic hydroxyl groups excluding tert-OH is 1. The van der Waals surface area contributed by atoms with Crippen molar-refractivity contribution in [1.29, 1.82) is 0 Å². The number of hydrogen-bond acceptors (Lipinski definition) is 4. The lowest BCUT2D eigenvalue weighted by Crippen LogP contribution is -2.45. The van der Waals surface area contributed by atoms with Gasteiger partial charge in [-0.05, 0) is 17.2 Å². The topological polar surface area (TPSA) is 83.7 Å². The maximum absolute atomic E-state index is 12.5. The van der Waals surface area contributed by atoms with Crippen molar-refractivity contribution in [2.45, 2.75) is 12.6 Å². The Morgan fingerprint density at radius 2 is 2.04 bits per heavy atom. The first kappa shape index (κ1) is 15.9. The number of carbonyl (C=O) groups is 1. The highest BCUT2D eigenvalue weighted by Crippen LogP contribution is 2.22. The van der Waals surface area contributed by atoms with E-state index in [0.29, 0.717) is 17.5 Å². The molecule has 6 heteroatoms. The molecule has 24 heavy (non-hydrogen) atoms. The second-order valence-electron chi connectivity index (χ2n) is 5.55. The van der Waals surface area contributed by atoms with Crippen LogP contribution in [0, 0.1) is 10.1 Å². The molecule has 2 aromatic carbocycles. The zero-order valence-corrected chi connectivity index (χ0v) is 12.8. The van der Waals surface area contributed by atoms with Crippen LogP contribution < -0.4 is 0 Å². The van der Waals surface area contributed by atoms with Gasteiger partial charge in [0.25, 0.3) is 11.6 Å². The van der Waals surface area contributed by atoms with Crippen LogP contribution in [0.5, 0.6) is 0 Å². The van der Waals surface area contributed by atoms with Crippen LogP contribution in [0.4, 0.5) is 5.69 Å². The summed E-state index contributed by atoms with van der Waals surface area (Å²) in [6.07, 6.45) is 2.94. The summed E-state index contributed by atoms with van der Waals surface area (Å²) < 4.78 is 0. The minimum absolute atomic E-state index is 0.0140. The standard InChI is InChI=1S/C18H16N2O4/c21-17-12-14-7-1-2-9-16(14)18(22)19(17)10-4-6-13-5-3-8-15(11-13)20(23)24/h1-9,11,17,21H,10,12H2/b6-4+. The van der Waals surface area contributed by atoms with Gasteiger partial charge in [-0.25, -0.2) is 0 Å². The summed E-state index contributed by atoms with van der Waals surface area (Å²) in [6.45, 7) is 0.233. The molecule has 0 saturated heterocycles. The number of aliphatic hydroxyl groups is 1. The Balaban J connectivity index is 1.74. The first-order chi connectivity index (χ1) is 11.6. The van der Waals surface area contributed by atoms with Gasteiger partial charge in [-0.1, -0.05) is 42.5 Å². The lowest BCUT2D eigenvalue weighted by Gasteiger charge is -2.32. The van der Waals surface area contributed by atoms with Crippen molar-refractivity contribution in [3.8, 4) is 0 Å². The zero-order valence-electron chi connectivity index (χ0n) is 12.8. The van der Waals surface area contributed by atoms with E-state index in [1.807, 2.05) is 12.1 Å². The van der Waals surface area contributed by atoms with Gasteiger partial charge < -0.3 is 10.0 Å². The van der Waals surface area contributed by atoms with Crippen LogP contribution >= 0.6 is 0 Å². The molecule has 1 aliphatic rings. The van der Waals surface area contributed by atoms with E-state index in [1.165, 1.54) is 17.0 Å². The molecular weight excluding hydrogens is 308 g/mol. The van der Waals surface area contributed by atoms with Crippen LogP contribution in [0.1, 0.15) is 21.5 Å². The fourth-order valence-electron chi connectivity index (χ4n) is 2.75. The Kier molecular flexibility index (Phi) is 4.39. The first-order valence-corrected chi connectivity index (χ1v) is 7.54. The average molecular weight is 324 g/mol. The Bertz CT molecular complexity index is 816. The minimum Gasteiger partial charge on any atom is -0.373 e. The van der Waals surface area contributed by atoms with Crippen molar-refractivity contribution in [3.05, 3.63) is 81.4 Å². The first-order valence-electron chi connectivity index (χ1n) is 7.54. The average Bonchev–Trinajstić information content (AvgIpc) is 2.58. The van der Waals surface area contributed by atoms with Gasteiger partial charge in [0.05, 0.1) is 4.92 Å². The van der Waals surface area contributed by atoms with Crippen LogP contribution in [0.15, 0.2) is 54.6 Å². The number of rotatable bonds is 4. The largest absolute Gasteiger partial charge is 0.373 e. The second kappa shape index (κ2) is 6.64. The molecule has 1 aliphatic heterocycles. The monoisotopic (exact) mass is 324 g/mol.